The SMILES string of the molecule is C[C@H](NC(=O)C[NH+](C)C1CCCCC1)c1ccccc1. The van der Waals surface area contributed by atoms with E-state index in [1.54, 1.807) is 0 Å². The number of carbonyl (C=O) groups is 1. The van der Waals surface area contributed by atoms with E-state index in [-0.39, 0.29) is 11.9 Å². The minimum Gasteiger partial charge on any atom is -0.345 e. The largest absolute Gasteiger partial charge is 0.345 e. The molecule has 1 aliphatic rings. The van der Waals surface area contributed by atoms with E-state index in [9.17, 15) is 4.79 Å². The summed E-state index contributed by atoms with van der Waals surface area (Å²) in [7, 11) is 2.16. The average molecular weight is 275 g/mol. The molecule has 0 bridgehead atoms. The van der Waals surface area contributed by atoms with Crippen LogP contribution in [-0.2, 0) is 4.79 Å². The van der Waals surface area contributed by atoms with E-state index in [0.717, 1.165) is 5.56 Å². The fraction of sp³-hybridized carbons (Fsp3) is 0.588. The smallest absolute Gasteiger partial charge is 0.275 e. The molecule has 3 nitrogen and oxygen atoms in total. The second-order valence-electron chi connectivity index (χ2n) is 6.06. The Kier molecular flexibility index (Phi) is 5.60. The van der Waals surface area contributed by atoms with Crippen LogP contribution in [-0.4, -0.2) is 25.5 Å². The summed E-state index contributed by atoms with van der Waals surface area (Å²) in [5.41, 5.74) is 1.16. The lowest BCUT2D eigenvalue weighted by Crippen LogP contribution is -3.14. The van der Waals surface area contributed by atoms with Gasteiger partial charge in [0.25, 0.3) is 5.91 Å². The van der Waals surface area contributed by atoms with Crippen LogP contribution in [0.2, 0.25) is 0 Å². The Bertz CT molecular complexity index is 412. The van der Waals surface area contributed by atoms with Crippen molar-refractivity contribution in [1.82, 2.24) is 5.32 Å². The second-order valence-corrected chi connectivity index (χ2v) is 6.06. The summed E-state index contributed by atoms with van der Waals surface area (Å²) >= 11 is 0. The van der Waals surface area contributed by atoms with Gasteiger partial charge in [-0.1, -0.05) is 36.8 Å². The third-order valence-electron chi connectivity index (χ3n) is 4.42. The maximum Gasteiger partial charge on any atom is 0.275 e. The normalized spacial score (nSPS) is 19.3. The van der Waals surface area contributed by atoms with Crippen LogP contribution in [0.25, 0.3) is 0 Å². The summed E-state index contributed by atoms with van der Waals surface area (Å²) in [6, 6.07) is 10.9. The lowest BCUT2D eigenvalue weighted by Gasteiger charge is -2.28. The van der Waals surface area contributed by atoms with Gasteiger partial charge in [-0.05, 0) is 38.2 Å². The highest BCUT2D eigenvalue weighted by Crippen LogP contribution is 2.15. The first-order valence-electron chi connectivity index (χ1n) is 7.83. The number of likely N-dealkylation sites (N-methyl/N-ethyl adjacent to an activating group) is 1. The Balaban J connectivity index is 1.79. The van der Waals surface area contributed by atoms with Gasteiger partial charge < -0.3 is 10.2 Å². The van der Waals surface area contributed by atoms with Crippen molar-refractivity contribution in [3.8, 4) is 0 Å². The van der Waals surface area contributed by atoms with Crippen molar-refractivity contribution >= 4 is 5.91 Å². The fourth-order valence-corrected chi connectivity index (χ4v) is 3.11. The van der Waals surface area contributed by atoms with Crippen LogP contribution < -0.4 is 10.2 Å². The second kappa shape index (κ2) is 7.44. The van der Waals surface area contributed by atoms with Crippen LogP contribution in [0.4, 0.5) is 0 Å². The molecule has 2 N–H and O–H groups in total. The van der Waals surface area contributed by atoms with Gasteiger partial charge in [-0.3, -0.25) is 4.79 Å². The number of hydrogen-bond donors (Lipinski definition) is 2. The van der Waals surface area contributed by atoms with E-state index in [4.69, 9.17) is 0 Å². The summed E-state index contributed by atoms with van der Waals surface area (Å²) in [5, 5.41) is 3.11. The van der Waals surface area contributed by atoms with Crippen LogP contribution in [0.1, 0.15) is 50.6 Å². The number of benzene rings is 1. The molecule has 0 aliphatic heterocycles. The fourth-order valence-electron chi connectivity index (χ4n) is 3.11. The van der Waals surface area contributed by atoms with Crippen molar-refractivity contribution in [2.24, 2.45) is 0 Å². The Morgan fingerprint density at radius 1 is 1.25 bits per heavy atom. The molecule has 0 saturated heterocycles. The predicted octanol–water partition coefficient (Wildman–Crippen LogP) is 1.71. The quantitative estimate of drug-likeness (QED) is 0.843. The van der Waals surface area contributed by atoms with Gasteiger partial charge in [0, 0.05) is 0 Å². The number of nitrogens with one attached hydrogen (secondary N) is 2. The molecule has 110 valence electrons. The van der Waals surface area contributed by atoms with Crippen LogP contribution in [0.3, 0.4) is 0 Å². The van der Waals surface area contributed by atoms with E-state index >= 15 is 0 Å². The Labute approximate surface area is 122 Å². The van der Waals surface area contributed by atoms with Crippen LogP contribution in [0.5, 0.6) is 0 Å². The summed E-state index contributed by atoms with van der Waals surface area (Å²) in [6.45, 7) is 2.63. The maximum atomic E-state index is 12.1. The van der Waals surface area contributed by atoms with Crippen LogP contribution >= 0.6 is 0 Å². The minimum atomic E-state index is 0.0860. The zero-order valence-electron chi connectivity index (χ0n) is 12.7. The van der Waals surface area contributed by atoms with Gasteiger partial charge in [0.1, 0.15) is 0 Å². The molecule has 0 heterocycles. The molecule has 0 spiro atoms. The summed E-state index contributed by atoms with van der Waals surface area (Å²) in [5.74, 6) is 0.157. The van der Waals surface area contributed by atoms with Crippen molar-refractivity contribution in [2.45, 2.75) is 51.1 Å². The molecule has 2 rings (SSSR count). The van der Waals surface area contributed by atoms with Crippen molar-refractivity contribution in [2.75, 3.05) is 13.6 Å². The molecule has 1 aromatic rings. The van der Waals surface area contributed by atoms with Crippen molar-refractivity contribution in [1.29, 1.82) is 0 Å². The highest BCUT2D eigenvalue weighted by Gasteiger charge is 2.23. The third-order valence-corrected chi connectivity index (χ3v) is 4.42. The van der Waals surface area contributed by atoms with Crippen molar-refractivity contribution in [3.05, 3.63) is 35.9 Å². The number of carbonyl (C=O) groups excluding carboxylic acids is 1. The molecular formula is C17H27N2O+. The van der Waals surface area contributed by atoms with Gasteiger partial charge in [0.2, 0.25) is 0 Å². The summed E-state index contributed by atoms with van der Waals surface area (Å²) in [4.78, 5) is 13.5. The first kappa shape index (κ1) is 15.0. The topological polar surface area (TPSA) is 33.5 Å². The standard InChI is InChI=1S/C17H26N2O/c1-14(15-9-5-3-6-10-15)18-17(20)13-19(2)16-11-7-4-8-12-16/h3,5-6,9-10,14,16H,4,7-8,11-13H2,1-2H3,(H,18,20)/p+1/t14-/m0/s1. The molecule has 1 aliphatic carbocycles. The Morgan fingerprint density at radius 3 is 2.55 bits per heavy atom. The molecule has 0 aromatic heterocycles. The van der Waals surface area contributed by atoms with Gasteiger partial charge in [-0.2, -0.15) is 0 Å². The zero-order chi connectivity index (χ0) is 14.4. The number of quaternary nitrogens is 1. The van der Waals surface area contributed by atoms with Gasteiger partial charge in [-0.25, -0.2) is 0 Å². The number of hydrogen-bond acceptors (Lipinski definition) is 1. The van der Waals surface area contributed by atoms with E-state index in [0.29, 0.717) is 12.6 Å². The van der Waals surface area contributed by atoms with Gasteiger partial charge >= 0.3 is 0 Å². The number of amides is 1. The number of rotatable bonds is 5. The lowest BCUT2D eigenvalue weighted by atomic mass is 9.94. The molecule has 1 unspecified atom stereocenters. The van der Waals surface area contributed by atoms with E-state index in [1.807, 2.05) is 25.1 Å². The van der Waals surface area contributed by atoms with E-state index in [2.05, 4.69) is 24.5 Å². The first-order chi connectivity index (χ1) is 9.66. The highest BCUT2D eigenvalue weighted by atomic mass is 16.2. The molecule has 1 fully saturated rings. The Hall–Kier alpha value is -1.35. The average Bonchev–Trinajstić information content (AvgIpc) is 2.49. The monoisotopic (exact) mass is 275 g/mol. The van der Waals surface area contributed by atoms with Crippen molar-refractivity contribution < 1.29 is 9.69 Å². The molecule has 1 saturated carbocycles. The molecule has 1 amide bonds. The summed E-state index contributed by atoms with van der Waals surface area (Å²) < 4.78 is 0. The molecule has 20 heavy (non-hydrogen) atoms. The minimum absolute atomic E-state index is 0.0860. The third kappa shape index (κ3) is 4.34. The maximum absolute atomic E-state index is 12.1. The first-order valence-corrected chi connectivity index (χ1v) is 7.83. The molecule has 0 radical (unpaired) electrons. The molecule has 1 aromatic carbocycles. The Morgan fingerprint density at radius 2 is 1.90 bits per heavy atom. The van der Waals surface area contributed by atoms with Gasteiger partial charge in [0.15, 0.2) is 6.54 Å². The predicted molar refractivity (Wildman–Crippen MR) is 81.6 cm³/mol. The molecule has 2 atom stereocenters. The van der Waals surface area contributed by atoms with E-state index < -0.39 is 0 Å². The molecular weight excluding hydrogens is 248 g/mol. The lowest BCUT2D eigenvalue weighted by molar-refractivity contribution is -0.899. The van der Waals surface area contributed by atoms with Gasteiger partial charge in [-0.15, -0.1) is 0 Å². The van der Waals surface area contributed by atoms with Crippen LogP contribution in [0.15, 0.2) is 30.3 Å². The highest BCUT2D eigenvalue weighted by molar-refractivity contribution is 5.77. The molecule has 3 heteroatoms. The van der Waals surface area contributed by atoms with Crippen LogP contribution in [0, 0.1) is 0 Å². The summed E-state index contributed by atoms with van der Waals surface area (Å²) in [6.07, 6.45) is 6.55. The van der Waals surface area contributed by atoms with E-state index in [1.165, 1.54) is 37.0 Å². The zero-order valence-corrected chi connectivity index (χ0v) is 12.7. The van der Waals surface area contributed by atoms with Crippen molar-refractivity contribution in [3.63, 3.8) is 0 Å². The van der Waals surface area contributed by atoms with Gasteiger partial charge in [0.05, 0.1) is 19.1 Å².